The van der Waals surface area contributed by atoms with Gasteiger partial charge < -0.3 is 0 Å². The Kier molecular flexibility index (Phi) is 4.86. The molecule has 0 saturated carbocycles. The fourth-order valence-electron chi connectivity index (χ4n) is 1.50. The average molecular weight is 186 g/mol. The molecule has 1 aromatic carbocycles. The van der Waals surface area contributed by atoms with Gasteiger partial charge in [0.25, 0.3) is 0 Å². The van der Waals surface area contributed by atoms with Crippen molar-refractivity contribution in [1.29, 1.82) is 0 Å². The summed E-state index contributed by atoms with van der Waals surface area (Å²) < 4.78 is 0. The Morgan fingerprint density at radius 3 is 2.29 bits per heavy atom. The molecule has 0 heteroatoms. The van der Waals surface area contributed by atoms with Gasteiger partial charge in [0.15, 0.2) is 0 Å². The summed E-state index contributed by atoms with van der Waals surface area (Å²) in [6.45, 7) is 2.18. The molecular formula is C14H18. The van der Waals surface area contributed by atoms with Crippen molar-refractivity contribution in [2.75, 3.05) is 0 Å². The van der Waals surface area contributed by atoms with Gasteiger partial charge in [-0.3, -0.25) is 0 Å². The topological polar surface area (TPSA) is 0 Å². The number of benzene rings is 1. The molecule has 0 nitrogen and oxygen atoms in total. The molecule has 0 aliphatic carbocycles. The summed E-state index contributed by atoms with van der Waals surface area (Å²) in [5, 5.41) is 0. The van der Waals surface area contributed by atoms with E-state index in [0.717, 1.165) is 25.7 Å². The predicted molar refractivity (Wildman–Crippen MR) is 62.2 cm³/mol. The lowest BCUT2D eigenvalue weighted by atomic mass is 10.0. The van der Waals surface area contributed by atoms with Crippen molar-refractivity contribution in [3.63, 3.8) is 0 Å². The Balaban J connectivity index is 2.33. The van der Waals surface area contributed by atoms with E-state index >= 15 is 0 Å². The number of unbranched alkanes of at least 4 members (excludes halogenated alkanes) is 2. The summed E-state index contributed by atoms with van der Waals surface area (Å²) in [5.41, 5.74) is 2.84. The molecule has 0 heterocycles. The second-order valence-corrected chi connectivity index (χ2v) is 3.58. The summed E-state index contributed by atoms with van der Waals surface area (Å²) in [7, 11) is 0. The molecule has 0 radical (unpaired) electrons. The molecule has 74 valence electrons. The maximum absolute atomic E-state index is 5.20. The minimum absolute atomic E-state index is 0.910. The van der Waals surface area contributed by atoms with E-state index in [1.54, 1.807) is 0 Å². The molecule has 0 spiro atoms. The van der Waals surface area contributed by atoms with Crippen LogP contribution in [0.4, 0.5) is 0 Å². The lowest BCUT2D eigenvalue weighted by molar-refractivity contribution is 0.756. The fourth-order valence-corrected chi connectivity index (χ4v) is 1.50. The van der Waals surface area contributed by atoms with Crippen LogP contribution in [-0.4, -0.2) is 0 Å². The molecule has 0 unspecified atom stereocenters. The number of hydrogen-bond acceptors (Lipinski definition) is 0. The van der Waals surface area contributed by atoms with Gasteiger partial charge >= 0.3 is 0 Å². The molecule has 0 aliphatic rings. The van der Waals surface area contributed by atoms with Gasteiger partial charge in [0, 0.05) is 6.42 Å². The fraction of sp³-hybridized carbons (Fsp3) is 0.429. The highest BCUT2D eigenvalue weighted by Gasteiger charge is 1.93. The summed E-state index contributed by atoms with van der Waals surface area (Å²) in [6, 6.07) is 8.90. The SMILES string of the molecule is C#CCCCCc1ccc(CC)cc1. The van der Waals surface area contributed by atoms with Crippen LogP contribution >= 0.6 is 0 Å². The van der Waals surface area contributed by atoms with Crippen molar-refractivity contribution in [2.24, 2.45) is 0 Å². The van der Waals surface area contributed by atoms with Crippen LogP contribution in [0.3, 0.4) is 0 Å². The Labute approximate surface area is 87.4 Å². The molecule has 0 saturated heterocycles. The largest absolute Gasteiger partial charge is 0.120 e. The van der Waals surface area contributed by atoms with Gasteiger partial charge in [0.05, 0.1) is 0 Å². The molecule has 0 aromatic heterocycles. The van der Waals surface area contributed by atoms with Gasteiger partial charge in [0.1, 0.15) is 0 Å². The van der Waals surface area contributed by atoms with Crippen molar-refractivity contribution < 1.29 is 0 Å². The highest BCUT2D eigenvalue weighted by atomic mass is 14.0. The first kappa shape index (κ1) is 10.9. The van der Waals surface area contributed by atoms with Gasteiger partial charge in [-0.15, -0.1) is 12.3 Å². The Morgan fingerprint density at radius 2 is 1.71 bits per heavy atom. The van der Waals surface area contributed by atoms with E-state index in [2.05, 4.69) is 37.1 Å². The van der Waals surface area contributed by atoms with Crippen LogP contribution in [0, 0.1) is 12.3 Å². The second kappa shape index (κ2) is 6.27. The van der Waals surface area contributed by atoms with Gasteiger partial charge in [-0.1, -0.05) is 31.2 Å². The zero-order valence-electron chi connectivity index (χ0n) is 8.92. The van der Waals surface area contributed by atoms with Crippen LogP contribution in [0.25, 0.3) is 0 Å². The van der Waals surface area contributed by atoms with Crippen LogP contribution in [0.5, 0.6) is 0 Å². The van der Waals surface area contributed by atoms with Gasteiger partial charge in [-0.05, 0) is 36.8 Å². The van der Waals surface area contributed by atoms with Crippen LogP contribution < -0.4 is 0 Å². The monoisotopic (exact) mass is 186 g/mol. The van der Waals surface area contributed by atoms with Crippen LogP contribution in [0.2, 0.25) is 0 Å². The third-order valence-corrected chi connectivity index (χ3v) is 2.47. The maximum atomic E-state index is 5.20. The van der Waals surface area contributed by atoms with Crippen molar-refractivity contribution >= 4 is 0 Å². The molecule has 0 atom stereocenters. The van der Waals surface area contributed by atoms with Crippen LogP contribution in [-0.2, 0) is 12.8 Å². The van der Waals surface area contributed by atoms with E-state index < -0.39 is 0 Å². The molecule has 0 aliphatic heterocycles. The van der Waals surface area contributed by atoms with Gasteiger partial charge in [0.2, 0.25) is 0 Å². The molecule has 1 aromatic rings. The van der Waals surface area contributed by atoms with Crippen molar-refractivity contribution in [1.82, 2.24) is 0 Å². The highest BCUT2D eigenvalue weighted by Crippen LogP contribution is 2.08. The van der Waals surface area contributed by atoms with Crippen LogP contribution in [0.15, 0.2) is 24.3 Å². The molecule has 14 heavy (non-hydrogen) atoms. The van der Waals surface area contributed by atoms with Crippen molar-refractivity contribution in [2.45, 2.75) is 39.0 Å². The quantitative estimate of drug-likeness (QED) is 0.487. The third-order valence-electron chi connectivity index (χ3n) is 2.47. The van der Waals surface area contributed by atoms with Gasteiger partial charge in [-0.2, -0.15) is 0 Å². The molecular weight excluding hydrogens is 168 g/mol. The summed E-state index contributed by atoms with van der Waals surface area (Å²) in [5.74, 6) is 2.67. The maximum Gasteiger partial charge on any atom is 0.00861 e. The first-order valence-corrected chi connectivity index (χ1v) is 5.38. The first-order valence-electron chi connectivity index (χ1n) is 5.38. The minimum Gasteiger partial charge on any atom is -0.120 e. The standard InChI is InChI=1S/C14H18/c1-3-5-6-7-8-14-11-9-13(4-2)10-12-14/h1,9-12H,4-8H2,2H3. The second-order valence-electron chi connectivity index (χ2n) is 3.58. The summed E-state index contributed by atoms with van der Waals surface area (Å²) in [4.78, 5) is 0. The average Bonchev–Trinajstić information content (AvgIpc) is 2.25. The zero-order valence-corrected chi connectivity index (χ0v) is 8.92. The summed E-state index contributed by atoms with van der Waals surface area (Å²) >= 11 is 0. The Morgan fingerprint density at radius 1 is 1.07 bits per heavy atom. The van der Waals surface area contributed by atoms with E-state index in [4.69, 9.17) is 6.42 Å². The smallest absolute Gasteiger partial charge is 0.00861 e. The van der Waals surface area contributed by atoms with E-state index in [-0.39, 0.29) is 0 Å². The van der Waals surface area contributed by atoms with E-state index in [9.17, 15) is 0 Å². The number of aryl methyl sites for hydroxylation is 2. The van der Waals surface area contributed by atoms with Crippen molar-refractivity contribution in [3.8, 4) is 12.3 Å². The van der Waals surface area contributed by atoms with Crippen LogP contribution in [0.1, 0.15) is 37.3 Å². The number of terminal acetylenes is 1. The lowest BCUT2D eigenvalue weighted by Gasteiger charge is -2.01. The predicted octanol–water partition coefficient (Wildman–Crippen LogP) is 3.60. The molecule has 0 amide bonds. The Bertz CT molecular complexity index is 287. The number of hydrogen-bond donors (Lipinski definition) is 0. The lowest BCUT2D eigenvalue weighted by Crippen LogP contribution is -1.86. The highest BCUT2D eigenvalue weighted by molar-refractivity contribution is 5.22. The van der Waals surface area contributed by atoms with E-state index in [0.29, 0.717) is 0 Å². The van der Waals surface area contributed by atoms with Crippen molar-refractivity contribution in [3.05, 3.63) is 35.4 Å². The minimum atomic E-state index is 0.910. The van der Waals surface area contributed by atoms with E-state index in [1.807, 2.05) is 0 Å². The normalized spacial score (nSPS) is 9.71. The van der Waals surface area contributed by atoms with Gasteiger partial charge in [-0.25, -0.2) is 0 Å². The third kappa shape index (κ3) is 3.66. The molecule has 1 rings (SSSR count). The first-order chi connectivity index (χ1) is 6.86. The molecule has 0 N–H and O–H groups in total. The molecule has 0 fully saturated rings. The Hall–Kier alpha value is -1.22. The number of rotatable bonds is 5. The van der Waals surface area contributed by atoms with E-state index in [1.165, 1.54) is 17.5 Å². The zero-order chi connectivity index (χ0) is 10.2. The summed E-state index contributed by atoms with van der Waals surface area (Å²) in [6.07, 6.45) is 10.7. The molecule has 0 bridgehead atoms.